The molecule has 0 aromatic rings. The Kier molecular flexibility index (Phi) is 49.0. The zero-order valence-corrected chi connectivity index (χ0v) is 41.5. The predicted octanol–water partition coefficient (Wildman–Crippen LogP) is 17.4. The fourth-order valence-electron chi connectivity index (χ4n) is 6.96. The molecule has 0 amide bonds. The van der Waals surface area contributed by atoms with Gasteiger partial charge >= 0.3 is 17.9 Å². The molecule has 64 heavy (non-hydrogen) atoms. The third-order valence-electron chi connectivity index (χ3n) is 10.8. The molecule has 1 atom stereocenters. The Labute approximate surface area is 394 Å². The summed E-state index contributed by atoms with van der Waals surface area (Å²) in [5.74, 6) is -1.01. The van der Waals surface area contributed by atoms with Gasteiger partial charge in [-0.05, 0) is 89.9 Å². The maximum atomic E-state index is 12.8. The van der Waals surface area contributed by atoms with Crippen LogP contribution in [0.15, 0.2) is 97.2 Å². The number of allylic oxidation sites excluding steroid dienone is 16. The predicted molar refractivity (Wildman–Crippen MR) is 274 cm³/mol. The zero-order chi connectivity index (χ0) is 46.5. The minimum atomic E-state index is -0.814. The van der Waals surface area contributed by atoms with E-state index >= 15 is 0 Å². The third-order valence-corrected chi connectivity index (χ3v) is 10.8. The van der Waals surface area contributed by atoms with Gasteiger partial charge in [0.25, 0.3) is 0 Å². The van der Waals surface area contributed by atoms with Crippen LogP contribution >= 0.6 is 0 Å². The minimum Gasteiger partial charge on any atom is -0.462 e. The average Bonchev–Trinajstić information content (AvgIpc) is 3.29. The van der Waals surface area contributed by atoms with Crippen LogP contribution in [0.5, 0.6) is 0 Å². The van der Waals surface area contributed by atoms with E-state index in [2.05, 4.69) is 118 Å². The molecule has 0 rings (SSSR count). The molecule has 0 aromatic carbocycles. The molecule has 0 aliphatic heterocycles. The van der Waals surface area contributed by atoms with Crippen LogP contribution in [0.3, 0.4) is 0 Å². The number of ether oxygens (including phenoxy) is 3. The Morgan fingerprint density at radius 2 is 0.625 bits per heavy atom. The second kappa shape index (κ2) is 52.0. The molecule has 364 valence electrons. The number of rotatable bonds is 46. The van der Waals surface area contributed by atoms with Crippen molar-refractivity contribution >= 4 is 17.9 Å². The van der Waals surface area contributed by atoms with Crippen LogP contribution in [0, 0.1) is 0 Å². The van der Waals surface area contributed by atoms with Crippen molar-refractivity contribution < 1.29 is 28.6 Å². The number of carbonyl (C=O) groups is 3. The maximum Gasteiger partial charge on any atom is 0.306 e. The Balaban J connectivity index is 4.49. The van der Waals surface area contributed by atoms with Crippen LogP contribution < -0.4 is 0 Å². The Bertz CT molecular complexity index is 1300. The summed E-state index contributed by atoms with van der Waals surface area (Å²) in [4.78, 5) is 38.0. The van der Waals surface area contributed by atoms with Gasteiger partial charge in [0.05, 0.1) is 0 Å². The van der Waals surface area contributed by atoms with Crippen molar-refractivity contribution in [2.75, 3.05) is 13.2 Å². The third kappa shape index (κ3) is 49.3. The van der Waals surface area contributed by atoms with E-state index in [9.17, 15) is 14.4 Å². The lowest BCUT2D eigenvalue weighted by atomic mass is 10.0. The minimum absolute atomic E-state index is 0.114. The first-order valence-electron chi connectivity index (χ1n) is 26.2. The Hall–Kier alpha value is -3.67. The van der Waals surface area contributed by atoms with Crippen molar-refractivity contribution in [1.29, 1.82) is 0 Å². The maximum absolute atomic E-state index is 12.8. The molecular weight excluding hydrogens is 793 g/mol. The van der Waals surface area contributed by atoms with Crippen LogP contribution in [0.4, 0.5) is 0 Å². The standard InChI is InChI=1S/C58H96O6/c1-4-7-10-13-16-19-22-25-27-29-31-33-36-39-42-45-48-51-57(60)63-54-55(53-62-56(59)50-47-44-41-38-35-24-21-18-15-12-9-6-3)64-58(61)52-49-46-43-40-37-34-32-30-28-26-23-20-17-14-11-8-5-2/h7,9-10,12,16,18-19,21,25,27,31,33,35,38-39,42,55H,4-6,8,11,13-15,17,20,22-24,26,28-30,32,34,36-37,40-41,43-54H2,1-3H3/b10-7-,12-9-,19-16-,21-18-,27-25-,33-31-,38-35-,42-39-. The van der Waals surface area contributed by atoms with Gasteiger partial charge in [0, 0.05) is 19.3 Å². The van der Waals surface area contributed by atoms with E-state index in [4.69, 9.17) is 14.2 Å². The van der Waals surface area contributed by atoms with Crippen LogP contribution in [-0.4, -0.2) is 37.2 Å². The molecule has 0 aliphatic rings. The molecule has 0 aliphatic carbocycles. The molecule has 0 spiro atoms. The van der Waals surface area contributed by atoms with Crippen molar-refractivity contribution in [3.63, 3.8) is 0 Å². The number of carbonyl (C=O) groups excluding carboxylic acids is 3. The van der Waals surface area contributed by atoms with Gasteiger partial charge in [-0.25, -0.2) is 0 Å². The molecule has 0 bridgehead atoms. The average molecular weight is 889 g/mol. The normalized spacial score (nSPS) is 12.9. The van der Waals surface area contributed by atoms with E-state index in [1.807, 2.05) is 0 Å². The molecule has 0 saturated carbocycles. The molecule has 1 unspecified atom stereocenters. The highest BCUT2D eigenvalue weighted by atomic mass is 16.6. The van der Waals surface area contributed by atoms with Gasteiger partial charge in [-0.3, -0.25) is 14.4 Å². The van der Waals surface area contributed by atoms with Gasteiger partial charge in [0.2, 0.25) is 0 Å². The van der Waals surface area contributed by atoms with Crippen LogP contribution in [0.1, 0.15) is 233 Å². The van der Waals surface area contributed by atoms with Crippen LogP contribution in [0.25, 0.3) is 0 Å². The highest BCUT2D eigenvalue weighted by molar-refractivity contribution is 5.71. The van der Waals surface area contributed by atoms with Crippen LogP contribution in [-0.2, 0) is 28.6 Å². The lowest BCUT2D eigenvalue weighted by Crippen LogP contribution is -2.30. The molecule has 0 saturated heterocycles. The summed E-state index contributed by atoms with van der Waals surface area (Å²) in [6.45, 7) is 6.33. The monoisotopic (exact) mass is 889 g/mol. The molecular formula is C58H96O6. The number of unbranched alkanes of at least 4 members (excludes halogenated alkanes) is 19. The van der Waals surface area contributed by atoms with Crippen molar-refractivity contribution in [3.8, 4) is 0 Å². The molecule has 6 heteroatoms. The van der Waals surface area contributed by atoms with E-state index in [0.717, 1.165) is 96.3 Å². The van der Waals surface area contributed by atoms with Gasteiger partial charge in [0.1, 0.15) is 13.2 Å². The van der Waals surface area contributed by atoms with Gasteiger partial charge < -0.3 is 14.2 Å². The van der Waals surface area contributed by atoms with Gasteiger partial charge in [-0.2, -0.15) is 0 Å². The van der Waals surface area contributed by atoms with Gasteiger partial charge in [0.15, 0.2) is 6.10 Å². The van der Waals surface area contributed by atoms with E-state index in [0.29, 0.717) is 19.3 Å². The fraction of sp³-hybridized carbons (Fsp3) is 0.672. The van der Waals surface area contributed by atoms with Crippen molar-refractivity contribution in [2.24, 2.45) is 0 Å². The smallest absolute Gasteiger partial charge is 0.306 e. The van der Waals surface area contributed by atoms with E-state index in [1.54, 1.807) is 0 Å². The molecule has 0 fully saturated rings. The van der Waals surface area contributed by atoms with Crippen molar-refractivity contribution in [2.45, 2.75) is 239 Å². The summed E-state index contributed by atoms with van der Waals surface area (Å²) in [6, 6.07) is 0. The summed E-state index contributed by atoms with van der Waals surface area (Å²) < 4.78 is 16.7. The molecule has 0 heterocycles. The van der Waals surface area contributed by atoms with Crippen LogP contribution in [0.2, 0.25) is 0 Å². The van der Waals surface area contributed by atoms with E-state index < -0.39 is 6.10 Å². The lowest BCUT2D eigenvalue weighted by molar-refractivity contribution is -0.167. The first kappa shape index (κ1) is 60.3. The molecule has 6 nitrogen and oxygen atoms in total. The Morgan fingerprint density at radius 3 is 1.02 bits per heavy atom. The summed E-state index contributed by atoms with van der Waals surface area (Å²) >= 11 is 0. The quantitative estimate of drug-likeness (QED) is 0.0262. The summed E-state index contributed by atoms with van der Waals surface area (Å²) in [5.41, 5.74) is 0. The topological polar surface area (TPSA) is 78.9 Å². The van der Waals surface area contributed by atoms with Gasteiger partial charge in [-0.15, -0.1) is 0 Å². The number of esters is 3. The SMILES string of the molecule is CC/C=C\C/C=C\C/C=C\C/C=C\C/C=C\CCCC(=O)OCC(COC(=O)CCCC/C=C\C/C=C\C/C=C\CC)OC(=O)CCCCCCCCCCCCCCCCCCC. The molecule has 0 N–H and O–H groups in total. The van der Waals surface area contributed by atoms with Gasteiger partial charge in [-0.1, -0.05) is 221 Å². The number of hydrogen-bond donors (Lipinski definition) is 0. The first-order valence-corrected chi connectivity index (χ1v) is 26.2. The number of hydrogen-bond acceptors (Lipinski definition) is 6. The lowest BCUT2D eigenvalue weighted by Gasteiger charge is -2.18. The summed E-state index contributed by atoms with van der Waals surface area (Å²) in [5, 5.41) is 0. The highest BCUT2D eigenvalue weighted by Crippen LogP contribution is 2.15. The summed E-state index contributed by atoms with van der Waals surface area (Å²) in [7, 11) is 0. The molecule has 0 aromatic heterocycles. The largest absolute Gasteiger partial charge is 0.462 e. The van der Waals surface area contributed by atoms with E-state index in [1.165, 1.54) is 89.9 Å². The second-order valence-corrected chi connectivity index (χ2v) is 17.0. The molecule has 0 radical (unpaired) electrons. The first-order chi connectivity index (χ1) is 31.5. The summed E-state index contributed by atoms with van der Waals surface area (Å²) in [6.07, 6.45) is 68.3. The van der Waals surface area contributed by atoms with Crippen molar-refractivity contribution in [3.05, 3.63) is 97.2 Å². The highest BCUT2D eigenvalue weighted by Gasteiger charge is 2.19. The Morgan fingerprint density at radius 1 is 0.328 bits per heavy atom. The second-order valence-electron chi connectivity index (χ2n) is 17.0. The van der Waals surface area contributed by atoms with Crippen molar-refractivity contribution in [1.82, 2.24) is 0 Å². The van der Waals surface area contributed by atoms with E-state index in [-0.39, 0.29) is 37.5 Å². The zero-order valence-electron chi connectivity index (χ0n) is 41.5. The fourth-order valence-corrected chi connectivity index (χ4v) is 6.96.